The lowest BCUT2D eigenvalue weighted by molar-refractivity contribution is 0.759. The predicted molar refractivity (Wildman–Crippen MR) is 235 cm³/mol. The maximum atomic E-state index is 5.14. The van der Waals surface area contributed by atoms with Gasteiger partial charge in [0.25, 0.3) is 0 Å². The molecule has 0 saturated carbocycles. The van der Waals surface area contributed by atoms with Gasteiger partial charge in [0.15, 0.2) is 5.82 Å². The van der Waals surface area contributed by atoms with Crippen LogP contribution in [0.15, 0.2) is 187 Å². The molecule has 1 aliphatic carbocycles. The molecule has 5 heteroatoms. The number of anilines is 3. The summed E-state index contributed by atoms with van der Waals surface area (Å²) in [6.07, 6.45) is 0. The normalized spacial score (nSPS) is 13.5. The molecule has 0 atom stereocenters. The summed E-state index contributed by atoms with van der Waals surface area (Å²) >= 11 is 3.73. The number of nitrogens with zero attached hydrogens (tertiary/aromatic N) is 3. The van der Waals surface area contributed by atoms with Gasteiger partial charge in [-0.15, -0.1) is 22.7 Å². The van der Waals surface area contributed by atoms with Crippen molar-refractivity contribution < 1.29 is 0 Å². The quantitative estimate of drug-likeness (QED) is 0.179. The van der Waals surface area contributed by atoms with Gasteiger partial charge in [-0.2, -0.15) is 0 Å². The van der Waals surface area contributed by atoms with Crippen LogP contribution in [0.25, 0.3) is 65.2 Å². The maximum absolute atomic E-state index is 5.14. The van der Waals surface area contributed by atoms with Gasteiger partial charge in [0.1, 0.15) is 0 Å². The maximum Gasteiger partial charge on any atom is 0.160 e. The minimum Gasteiger partial charge on any atom is -0.310 e. The van der Waals surface area contributed by atoms with Crippen LogP contribution in [0.1, 0.15) is 22.3 Å². The molecule has 12 rings (SSSR count). The van der Waals surface area contributed by atoms with Gasteiger partial charge in [0, 0.05) is 32.1 Å². The number of thiophene rings is 2. The Morgan fingerprint density at radius 2 is 0.839 bits per heavy atom. The van der Waals surface area contributed by atoms with E-state index in [1.165, 1.54) is 64.9 Å². The number of aromatic nitrogens is 2. The Morgan fingerprint density at radius 1 is 0.393 bits per heavy atom. The summed E-state index contributed by atoms with van der Waals surface area (Å²) in [6, 6.07) is 63.8. The van der Waals surface area contributed by atoms with Gasteiger partial charge in [-0.1, -0.05) is 121 Å². The monoisotopic (exact) mass is 749 g/mol. The Bertz CT molecular complexity index is 2960. The van der Waals surface area contributed by atoms with Crippen molar-refractivity contribution in [1.82, 2.24) is 9.97 Å². The average molecular weight is 750 g/mol. The lowest BCUT2D eigenvalue weighted by Gasteiger charge is -2.45. The van der Waals surface area contributed by atoms with Crippen molar-refractivity contribution >= 4 is 61.3 Å². The first-order valence-electron chi connectivity index (χ1n) is 18.9. The Balaban J connectivity index is 1.09. The van der Waals surface area contributed by atoms with Crippen LogP contribution < -0.4 is 4.90 Å². The molecule has 0 saturated heterocycles. The second kappa shape index (κ2) is 12.2. The molecule has 7 aromatic carbocycles. The first kappa shape index (κ1) is 31.7. The van der Waals surface area contributed by atoms with E-state index in [-0.39, 0.29) is 0 Å². The standard InChI is InChI=1S/C51H31N3S2/c1-3-11-32(12-4-1)44-31-45(53-50(52-44)34-13-5-2-6-14-34)33-19-21-39(22-20-33)54-46-29-37-17-9-7-15-35(37)27-42(46)51(40-23-25-55-48(40)49-41(51)24-26-56-49)43-28-36-16-8-10-18-38(36)30-47(43)54/h1-31H. The van der Waals surface area contributed by atoms with Gasteiger partial charge in [0.2, 0.25) is 0 Å². The molecule has 262 valence electrons. The Labute approximate surface area is 332 Å². The summed E-state index contributed by atoms with van der Waals surface area (Å²) in [7, 11) is 0. The van der Waals surface area contributed by atoms with Gasteiger partial charge in [-0.25, -0.2) is 9.97 Å². The Kier molecular flexibility index (Phi) is 6.88. The molecule has 0 N–H and O–H groups in total. The third kappa shape index (κ3) is 4.56. The molecule has 0 fully saturated rings. The van der Waals surface area contributed by atoms with E-state index < -0.39 is 5.41 Å². The van der Waals surface area contributed by atoms with E-state index >= 15 is 0 Å². The molecule has 2 aliphatic rings. The molecule has 3 aromatic heterocycles. The fourth-order valence-corrected chi connectivity index (χ4v) is 11.2. The van der Waals surface area contributed by atoms with Crippen LogP contribution in [0.2, 0.25) is 0 Å². The highest BCUT2D eigenvalue weighted by molar-refractivity contribution is 7.21. The van der Waals surface area contributed by atoms with E-state index in [0.29, 0.717) is 5.82 Å². The van der Waals surface area contributed by atoms with Gasteiger partial charge >= 0.3 is 0 Å². The molecular formula is C51H31N3S2. The SMILES string of the molecule is c1ccc(-c2cc(-c3ccc(N4c5cc6ccccc6cc5C5(c6cc7ccccc7cc64)c4ccsc4-c4sccc45)cc3)nc(-c3ccccc3)n2)cc1. The smallest absolute Gasteiger partial charge is 0.160 e. The van der Waals surface area contributed by atoms with Gasteiger partial charge in [0.05, 0.1) is 28.2 Å². The second-order valence-corrected chi connectivity index (χ2v) is 16.4. The topological polar surface area (TPSA) is 29.0 Å². The van der Waals surface area contributed by atoms with Gasteiger partial charge < -0.3 is 4.90 Å². The molecular weight excluding hydrogens is 719 g/mol. The highest BCUT2D eigenvalue weighted by Crippen LogP contribution is 2.66. The van der Waals surface area contributed by atoms with E-state index in [4.69, 9.17) is 9.97 Å². The van der Waals surface area contributed by atoms with E-state index in [1.54, 1.807) is 0 Å². The van der Waals surface area contributed by atoms with Crippen molar-refractivity contribution in [3.63, 3.8) is 0 Å². The number of rotatable bonds is 4. The van der Waals surface area contributed by atoms with E-state index in [2.05, 4.69) is 167 Å². The van der Waals surface area contributed by atoms with Crippen molar-refractivity contribution in [2.75, 3.05) is 4.90 Å². The van der Waals surface area contributed by atoms with Gasteiger partial charge in [-0.3, -0.25) is 0 Å². The fraction of sp³-hybridized carbons (Fsp3) is 0.0196. The Hall–Kier alpha value is -6.66. The summed E-state index contributed by atoms with van der Waals surface area (Å²) in [5, 5.41) is 9.51. The summed E-state index contributed by atoms with van der Waals surface area (Å²) in [6.45, 7) is 0. The van der Waals surface area contributed by atoms with Crippen LogP contribution in [-0.4, -0.2) is 9.97 Å². The van der Waals surface area contributed by atoms with Crippen LogP contribution in [0, 0.1) is 0 Å². The molecule has 0 amide bonds. The van der Waals surface area contributed by atoms with E-state index in [0.717, 1.165) is 33.8 Å². The molecule has 1 aliphatic heterocycles. The third-order valence-electron chi connectivity index (χ3n) is 11.6. The van der Waals surface area contributed by atoms with Crippen LogP contribution in [0.3, 0.4) is 0 Å². The zero-order chi connectivity index (χ0) is 36.8. The van der Waals surface area contributed by atoms with Crippen molar-refractivity contribution in [1.29, 1.82) is 0 Å². The van der Waals surface area contributed by atoms with Crippen LogP contribution in [0.4, 0.5) is 17.1 Å². The van der Waals surface area contributed by atoms with Crippen LogP contribution >= 0.6 is 22.7 Å². The largest absolute Gasteiger partial charge is 0.310 e. The summed E-state index contributed by atoms with van der Waals surface area (Å²) < 4.78 is 0. The van der Waals surface area contributed by atoms with Crippen molar-refractivity contribution in [2.24, 2.45) is 0 Å². The number of fused-ring (bicyclic) bond motifs is 11. The number of benzene rings is 7. The van der Waals surface area contributed by atoms with Crippen molar-refractivity contribution in [2.45, 2.75) is 5.41 Å². The number of hydrogen-bond donors (Lipinski definition) is 0. The summed E-state index contributed by atoms with van der Waals surface area (Å²) in [5.41, 5.74) is 13.4. The highest BCUT2D eigenvalue weighted by Gasteiger charge is 2.53. The lowest BCUT2D eigenvalue weighted by Crippen LogP contribution is -2.36. The minimum atomic E-state index is -0.442. The molecule has 0 bridgehead atoms. The van der Waals surface area contributed by atoms with Crippen LogP contribution in [-0.2, 0) is 5.41 Å². The van der Waals surface area contributed by atoms with E-state index in [9.17, 15) is 0 Å². The van der Waals surface area contributed by atoms with E-state index in [1.807, 2.05) is 46.9 Å². The molecule has 4 heterocycles. The second-order valence-electron chi connectivity index (χ2n) is 14.6. The average Bonchev–Trinajstić information content (AvgIpc) is 4.00. The van der Waals surface area contributed by atoms with Crippen molar-refractivity contribution in [3.05, 3.63) is 209 Å². The van der Waals surface area contributed by atoms with Gasteiger partial charge in [-0.05, 0) is 109 Å². The van der Waals surface area contributed by atoms with Crippen molar-refractivity contribution in [3.8, 4) is 43.7 Å². The molecule has 0 radical (unpaired) electrons. The first-order chi connectivity index (χ1) is 27.7. The molecule has 56 heavy (non-hydrogen) atoms. The Morgan fingerprint density at radius 3 is 1.36 bits per heavy atom. The fourth-order valence-electron chi connectivity index (χ4n) is 9.12. The first-order valence-corrected chi connectivity index (χ1v) is 20.6. The summed E-state index contributed by atoms with van der Waals surface area (Å²) in [5.74, 6) is 0.714. The molecule has 10 aromatic rings. The summed E-state index contributed by atoms with van der Waals surface area (Å²) in [4.78, 5) is 15.4. The zero-order valence-corrected chi connectivity index (χ0v) is 31.7. The number of hydrogen-bond acceptors (Lipinski definition) is 5. The predicted octanol–water partition coefficient (Wildman–Crippen LogP) is 14.1. The molecule has 3 nitrogen and oxygen atoms in total. The zero-order valence-electron chi connectivity index (χ0n) is 30.1. The molecule has 0 unspecified atom stereocenters. The third-order valence-corrected chi connectivity index (χ3v) is 13.6. The lowest BCUT2D eigenvalue weighted by atomic mass is 9.64. The molecule has 1 spiro atoms. The minimum absolute atomic E-state index is 0.442. The van der Waals surface area contributed by atoms with Crippen LogP contribution in [0.5, 0.6) is 0 Å². The highest BCUT2D eigenvalue weighted by atomic mass is 32.1.